The molecule has 1 aromatic rings. The molecule has 1 atom stereocenters. The summed E-state index contributed by atoms with van der Waals surface area (Å²) in [5, 5.41) is 3.79. The molecule has 0 fully saturated rings. The predicted octanol–water partition coefficient (Wildman–Crippen LogP) is 1.97. The number of hydrogen-bond donors (Lipinski definition) is 1. The number of halogens is 1. The average molecular weight is 301 g/mol. The normalized spacial score (nSPS) is 12.2. The Balaban J connectivity index is 3.00. The summed E-state index contributed by atoms with van der Waals surface area (Å²) < 4.78 is 15.6. The minimum atomic E-state index is -0.769. The number of carbonyl (C=O) groups is 1. The largest absolute Gasteiger partial charge is 0.493 e. The van der Waals surface area contributed by atoms with Crippen LogP contribution in [0.4, 0.5) is 0 Å². The molecule has 1 unspecified atom stereocenters. The Morgan fingerprint density at radius 1 is 1.50 bits per heavy atom. The van der Waals surface area contributed by atoms with Gasteiger partial charge in [0.25, 0.3) is 0 Å². The zero-order valence-corrected chi connectivity index (χ0v) is 12.3. The van der Waals surface area contributed by atoms with Gasteiger partial charge in [-0.1, -0.05) is 11.6 Å². The number of esters is 1. The molecule has 0 aliphatic heterocycles. The van der Waals surface area contributed by atoms with Crippen LogP contribution in [0.5, 0.6) is 11.5 Å². The molecule has 2 N–H and O–H groups in total. The summed E-state index contributed by atoms with van der Waals surface area (Å²) in [7, 11) is 1.48. The maximum Gasteiger partial charge on any atom is 0.347 e. The van der Waals surface area contributed by atoms with Crippen molar-refractivity contribution in [2.24, 2.45) is 10.9 Å². The van der Waals surface area contributed by atoms with Gasteiger partial charge in [-0.25, -0.2) is 4.79 Å². The van der Waals surface area contributed by atoms with Crippen LogP contribution in [0.1, 0.15) is 19.4 Å². The van der Waals surface area contributed by atoms with E-state index in [-0.39, 0.29) is 6.61 Å². The number of rotatable bonds is 6. The molecule has 0 heterocycles. The van der Waals surface area contributed by atoms with Gasteiger partial charge >= 0.3 is 5.97 Å². The number of benzene rings is 1. The van der Waals surface area contributed by atoms with E-state index in [1.54, 1.807) is 19.9 Å². The first-order valence-corrected chi connectivity index (χ1v) is 6.35. The van der Waals surface area contributed by atoms with Gasteiger partial charge in [0.1, 0.15) is 0 Å². The second-order valence-electron chi connectivity index (χ2n) is 3.81. The lowest BCUT2D eigenvalue weighted by molar-refractivity contribution is -0.150. The van der Waals surface area contributed by atoms with Crippen LogP contribution in [0.25, 0.3) is 0 Å². The van der Waals surface area contributed by atoms with Gasteiger partial charge in [0.05, 0.1) is 25.0 Å². The molecule has 0 spiro atoms. The summed E-state index contributed by atoms with van der Waals surface area (Å²) >= 11 is 6.06. The third-order valence-electron chi connectivity index (χ3n) is 2.42. The van der Waals surface area contributed by atoms with Gasteiger partial charge in [-0.2, -0.15) is 5.10 Å². The average Bonchev–Trinajstić information content (AvgIpc) is 2.42. The van der Waals surface area contributed by atoms with Gasteiger partial charge in [-0.05, 0) is 19.9 Å². The third-order valence-corrected chi connectivity index (χ3v) is 2.75. The topological polar surface area (TPSA) is 83.1 Å². The highest BCUT2D eigenvalue weighted by molar-refractivity contribution is 6.33. The maximum absolute atomic E-state index is 11.5. The van der Waals surface area contributed by atoms with Crippen molar-refractivity contribution in [1.29, 1.82) is 0 Å². The van der Waals surface area contributed by atoms with Gasteiger partial charge in [-0.15, -0.1) is 0 Å². The summed E-state index contributed by atoms with van der Waals surface area (Å²) in [6.07, 6.45) is 0.623. The van der Waals surface area contributed by atoms with E-state index in [2.05, 4.69) is 5.10 Å². The Kier molecular flexibility index (Phi) is 6.11. The first-order valence-electron chi connectivity index (χ1n) is 5.97. The lowest BCUT2D eigenvalue weighted by Crippen LogP contribution is -2.26. The third kappa shape index (κ3) is 4.03. The first kappa shape index (κ1) is 16.1. The van der Waals surface area contributed by atoms with Crippen LogP contribution >= 0.6 is 11.6 Å². The number of nitrogens with zero attached hydrogens (tertiary/aromatic N) is 1. The molecule has 1 aromatic carbocycles. The second-order valence-corrected chi connectivity index (χ2v) is 4.22. The molecule has 7 heteroatoms. The summed E-state index contributed by atoms with van der Waals surface area (Å²) in [5.41, 5.74) is 0.585. The minimum Gasteiger partial charge on any atom is -0.493 e. The Bertz CT molecular complexity index is 505. The lowest BCUT2D eigenvalue weighted by Gasteiger charge is -2.16. The van der Waals surface area contributed by atoms with Gasteiger partial charge in [0, 0.05) is 11.6 Å². The highest BCUT2D eigenvalue weighted by atomic mass is 35.5. The molecular weight excluding hydrogens is 284 g/mol. The van der Waals surface area contributed by atoms with Crippen molar-refractivity contribution >= 4 is 23.8 Å². The molecule has 0 amide bonds. The Morgan fingerprint density at radius 3 is 2.75 bits per heavy atom. The molecule has 0 aromatic heterocycles. The molecule has 6 nitrogen and oxygen atoms in total. The van der Waals surface area contributed by atoms with Crippen molar-refractivity contribution in [3.05, 3.63) is 22.7 Å². The predicted molar refractivity (Wildman–Crippen MR) is 76.5 cm³/mol. The Labute approximate surface area is 122 Å². The van der Waals surface area contributed by atoms with E-state index in [0.29, 0.717) is 22.1 Å². The molecule has 110 valence electrons. The number of ether oxygens (including phenoxy) is 3. The number of carbonyl (C=O) groups excluding carboxylic acids is 1. The lowest BCUT2D eigenvalue weighted by atomic mass is 10.2. The minimum absolute atomic E-state index is 0.288. The van der Waals surface area contributed by atoms with Gasteiger partial charge in [0.2, 0.25) is 0 Å². The van der Waals surface area contributed by atoms with E-state index >= 15 is 0 Å². The molecule has 1 rings (SSSR count). The van der Waals surface area contributed by atoms with Crippen molar-refractivity contribution in [2.75, 3.05) is 13.7 Å². The van der Waals surface area contributed by atoms with Crippen molar-refractivity contribution in [3.63, 3.8) is 0 Å². The fraction of sp³-hybridized carbons (Fsp3) is 0.385. The van der Waals surface area contributed by atoms with Crippen LogP contribution < -0.4 is 15.3 Å². The summed E-state index contributed by atoms with van der Waals surface area (Å²) in [4.78, 5) is 11.5. The van der Waals surface area contributed by atoms with Crippen molar-refractivity contribution in [1.82, 2.24) is 0 Å². The van der Waals surface area contributed by atoms with Crippen molar-refractivity contribution < 1.29 is 19.0 Å². The van der Waals surface area contributed by atoms with Crippen LogP contribution in [0.15, 0.2) is 17.2 Å². The van der Waals surface area contributed by atoms with E-state index in [1.807, 2.05) is 0 Å². The van der Waals surface area contributed by atoms with Crippen LogP contribution in [-0.4, -0.2) is 32.0 Å². The SMILES string of the molecule is CCOC(=O)C(C)Oc1cc(Cl)c(C=NN)cc1OC. The molecular formula is C13H17ClN2O4. The molecule has 0 bridgehead atoms. The highest BCUT2D eigenvalue weighted by Gasteiger charge is 2.19. The standard InChI is InChI=1S/C13H17ClN2O4/c1-4-19-13(17)8(2)20-12-6-10(14)9(7-16-15)5-11(12)18-3/h5-8H,4,15H2,1-3H3. The van der Waals surface area contributed by atoms with Crippen LogP contribution in [0.2, 0.25) is 5.02 Å². The number of methoxy groups -OCH3 is 1. The van der Waals surface area contributed by atoms with Gasteiger partial charge < -0.3 is 20.1 Å². The van der Waals surface area contributed by atoms with E-state index in [9.17, 15) is 4.79 Å². The van der Waals surface area contributed by atoms with Crippen LogP contribution in [0, 0.1) is 0 Å². The van der Waals surface area contributed by atoms with Gasteiger partial charge in [-0.3, -0.25) is 0 Å². The van der Waals surface area contributed by atoms with E-state index in [0.717, 1.165) is 0 Å². The summed E-state index contributed by atoms with van der Waals surface area (Å²) in [6, 6.07) is 3.15. The number of nitrogens with two attached hydrogens (primary N) is 1. The van der Waals surface area contributed by atoms with Crippen molar-refractivity contribution in [2.45, 2.75) is 20.0 Å². The Morgan fingerprint density at radius 2 is 2.20 bits per heavy atom. The summed E-state index contributed by atoms with van der Waals surface area (Å²) in [6.45, 7) is 3.60. The van der Waals surface area contributed by atoms with E-state index < -0.39 is 12.1 Å². The maximum atomic E-state index is 11.5. The fourth-order valence-electron chi connectivity index (χ4n) is 1.48. The van der Waals surface area contributed by atoms with Gasteiger partial charge in [0.15, 0.2) is 17.6 Å². The zero-order valence-electron chi connectivity index (χ0n) is 11.6. The zero-order chi connectivity index (χ0) is 15.1. The second kappa shape index (κ2) is 7.59. The molecule has 0 saturated carbocycles. The quantitative estimate of drug-likeness (QED) is 0.376. The number of hydrogen-bond acceptors (Lipinski definition) is 6. The van der Waals surface area contributed by atoms with Crippen molar-refractivity contribution in [3.8, 4) is 11.5 Å². The van der Waals surface area contributed by atoms with E-state index in [4.69, 9.17) is 31.7 Å². The molecule has 0 radical (unpaired) electrons. The molecule has 0 saturated heterocycles. The molecule has 20 heavy (non-hydrogen) atoms. The fourth-order valence-corrected chi connectivity index (χ4v) is 1.68. The first-order chi connectivity index (χ1) is 9.53. The summed E-state index contributed by atoms with van der Waals surface area (Å²) in [5.74, 6) is 5.39. The van der Waals surface area contributed by atoms with E-state index in [1.165, 1.54) is 19.4 Å². The Hall–Kier alpha value is -1.95. The highest BCUT2D eigenvalue weighted by Crippen LogP contribution is 2.33. The monoisotopic (exact) mass is 300 g/mol. The van der Waals surface area contributed by atoms with Crippen LogP contribution in [-0.2, 0) is 9.53 Å². The number of hydrazone groups is 1. The van der Waals surface area contributed by atoms with Crippen LogP contribution in [0.3, 0.4) is 0 Å². The molecule has 0 aliphatic carbocycles. The molecule has 0 aliphatic rings. The smallest absolute Gasteiger partial charge is 0.347 e.